The van der Waals surface area contributed by atoms with Crippen LogP contribution in [0.3, 0.4) is 0 Å². The number of carbonyl (C=O) groups excluding carboxylic acids is 2. The first-order chi connectivity index (χ1) is 10.5. The van der Waals surface area contributed by atoms with Gasteiger partial charge in [0.05, 0.1) is 0 Å². The molecule has 5 heteroatoms. The zero-order chi connectivity index (χ0) is 16.1. The molecule has 0 unspecified atom stereocenters. The number of hydrogen-bond donors (Lipinski definition) is 0. The number of benzene rings is 2. The smallest absolute Gasteiger partial charge is 0.289 e. The monoisotopic (exact) mass is 360 g/mol. The molecule has 0 aliphatic carbocycles. The normalized spacial score (nSPS) is 9.91. The first-order valence-electron chi connectivity index (χ1n) is 6.42. The van der Waals surface area contributed by atoms with Crippen LogP contribution < -0.4 is 4.89 Å². The lowest BCUT2D eigenvalue weighted by atomic mass is 10.0. The van der Waals surface area contributed by atoms with E-state index >= 15 is 0 Å². The molecule has 0 N–H and O–H groups in total. The van der Waals surface area contributed by atoms with Crippen molar-refractivity contribution in [3.63, 3.8) is 0 Å². The second-order valence-corrected chi connectivity index (χ2v) is 5.51. The van der Waals surface area contributed by atoms with Crippen LogP contribution in [0.15, 0.2) is 65.2 Å². The van der Waals surface area contributed by atoms with Crippen molar-refractivity contribution in [2.24, 2.45) is 0 Å². The quantitative estimate of drug-likeness (QED) is 0.348. The molecule has 0 amide bonds. The van der Waals surface area contributed by atoms with E-state index in [1.807, 2.05) is 12.1 Å². The molecule has 4 nitrogen and oxygen atoms in total. The third kappa shape index (κ3) is 4.05. The summed E-state index contributed by atoms with van der Waals surface area (Å²) in [6, 6.07) is 13.4. The third-order valence-corrected chi connectivity index (χ3v) is 3.31. The van der Waals surface area contributed by atoms with Crippen molar-refractivity contribution >= 4 is 27.7 Å². The van der Waals surface area contributed by atoms with Crippen LogP contribution >= 0.6 is 15.9 Å². The SMILES string of the molecule is C=C(C)C(=O)OOc1ccc(C(=O)c2ccc(Br)cc2)cc1. The molecule has 0 atom stereocenters. The molecule has 22 heavy (non-hydrogen) atoms. The summed E-state index contributed by atoms with van der Waals surface area (Å²) in [5, 5.41) is 0. The summed E-state index contributed by atoms with van der Waals surface area (Å²) in [6.07, 6.45) is 0. The molecule has 0 aromatic heterocycles. The molecule has 0 spiro atoms. The van der Waals surface area contributed by atoms with Gasteiger partial charge >= 0.3 is 5.97 Å². The average Bonchev–Trinajstić information content (AvgIpc) is 2.53. The van der Waals surface area contributed by atoms with E-state index in [9.17, 15) is 9.59 Å². The molecule has 0 saturated carbocycles. The minimum absolute atomic E-state index is 0.0991. The van der Waals surface area contributed by atoms with Gasteiger partial charge in [0, 0.05) is 21.2 Å². The average molecular weight is 361 g/mol. The van der Waals surface area contributed by atoms with Crippen molar-refractivity contribution in [1.82, 2.24) is 0 Å². The van der Waals surface area contributed by atoms with Crippen molar-refractivity contribution < 1.29 is 19.4 Å². The molecule has 0 aliphatic rings. The fraction of sp³-hybridized carbons (Fsp3) is 0.0588. The van der Waals surface area contributed by atoms with E-state index in [4.69, 9.17) is 4.89 Å². The van der Waals surface area contributed by atoms with Crippen LogP contribution in [0.2, 0.25) is 0 Å². The second-order valence-electron chi connectivity index (χ2n) is 4.59. The molecule has 0 heterocycles. The van der Waals surface area contributed by atoms with Crippen molar-refractivity contribution in [1.29, 1.82) is 0 Å². The van der Waals surface area contributed by atoms with E-state index in [1.165, 1.54) is 6.92 Å². The Kier molecular flexibility index (Phi) is 5.12. The van der Waals surface area contributed by atoms with Gasteiger partial charge in [-0.15, -0.1) is 0 Å². The summed E-state index contributed by atoms with van der Waals surface area (Å²) in [7, 11) is 0. The molecule has 0 radical (unpaired) electrons. The van der Waals surface area contributed by atoms with E-state index in [-0.39, 0.29) is 11.4 Å². The van der Waals surface area contributed by atoms with Gasteiger partial charge in [0.15, 0.2) is 11.5 Å². The fourth-order valence-electron chi connectivity index (χ4n) is 1.59. The fourth-order valence-corrected chi connectivity index (χ4v) is 1.85. The lowest BCUT2D eigenvalue weighted by Crippen LogP contribution is -2.08. The van der Waals surface area contributed by atoms with Gasteiger partial charge in [-0.1, -0.05) is 22.5 Å². The lowest BCUT2D eigenvalue weighted by molar-refractivity contribution is -0.208. The van der Waals surface area contributed by atoms with Crippen molar-refractivity contribution in [2.75, 3.05) is 0 Å². The molecule has 0 aliphatic heterocycles. The molecule has 0 fully saturated rings. The summed E-state index contributed by atoms with van der Waals surface area (Å²) >= 11 is 3.32. The molecular formula is C17H13BrO4. The molecular weight excluding hydrogens is 348 g/mol. The number of ketones is 1. The Hall–Kier alpha value is -2.40. The Bertz CT molecular complexity index is 702. The van der Waals surface area contributed by atoms with E-state index in [2.05, 4.69) is 27.4 Å². The van der Waals surface area contributed by atoms with E-state index < -0.39 is 5.97 Å². The molecule has 0 bridgehead atoms. The largest absolute Gasteiger partial charge is 0.381 e. The Morgan fingerprint density at radius 1 is 0.955 bits per heavy atom. The Labute approximate surface area is 136 Å². The summed E-state index contributed by atoms with van der Waals surface area (Å²) in [6.45, 7) is 4.96. The van der Waals surface area contributed by atoms with Crippen LogP contribution in [0.4, 0.5) is 0 Å². The van der Waals surface area contributed by atoms with Gasteiger partial charge in [0.25, 0.3) is 0 Å². The van der Waals surface area contributed by atoms with Crippen molar-refractivity contribution in [2.45, 2.75) is 6.92 Å². The number of halogens is 1. The maximum absolute atomic E-state index is 12.3. The number of rotatable bonds is 5. The Morgan fingerprint density at radius 3 is 1.95 bits per heavy atom. The summed E-state index contributed by atoms with van der Waals surface area (Å²) in [5.41, 5.74) is 1.34. The maximum Gasteiger partial charge on any atom is 0.381 e. The van der Waals surface area contributed by atoms with Gasteiger partial charge in [-0.05, 0) is 55.5 Å². The van der Waals surface area contributed by atoms with E-state index in [0.29, 0.717) is 16.9 Å². The highest BCUT2D eigenvalue weighted by atomic mass is 79.9. The highest BCUT2D eigenvalue weighted by Gasteiger charge is 2.10. The van der Waals surface area contributed by atoms with Gasteiger partial charge in [0.2, 0.25) is 0 Å². The molecule has 0 saturated heterocycles. The van der Waals surface area contributed by atoms with Crippen molar-refractivity contribution in [3.8, 4) is 5.75 Å². The van der Waals surface area contributed by atoms with Gasteiger partial charge in [0.1, 0.15) is 0 Å². The Morgan fingerprint density at radius 2 is 1.45 bits per heavy atom. The molecule has 2 rings (SSSR count). The Balaban J connectivity index is 2.05. The van der Waals surface area contributed by atoms with Crippen LogP contribution in [0.1, 0.15) is 22.8 Å². The minimum atomic E-state index is -0.644. The van der Waals surface area contributed by atoms with Crippen LogP contribution in [0.5, 0.6) is 5.75 Å². The first kappa shape index (κ1) is 16.0. The summed E-state index contributed by atoms with van der Waals surface area (Å²) in [4.78, 5) is 32.9. The minimum Gasteiger partial charge on any atom is -0.289 e. The number of carbonyl (C=O) groups is 2. The standard InChI is InChI=1S/C17H13BrO4/c1-11(2)17(20)22-21-15-9-5-13(6-10-15)16(19)12-3-7-14(18)8-4-12/h3-10H,1H2,2H3. The highest BCUT2D eigenvalue weighted by Crippen LogP contribution is 2.17. The second kappa shape index (κ2) is 7.04. The van der Waals surface area contributed by atoms with Gasteiger partial charge in [-0.3, -0.25) is 9.68 Å². The number of hydrogen-bond acceptors (Lipinski definition) is 4. The predicted octanol–water partition coefficient (Wildman–Crippen LogP) is 4.09. The first-order valence-corrected chi connectivity index (χ1v) is 7.21. The molecule has 2 aromatic carbocycles. The predicted molar refractivity (Wildman–Crippen MR) is 85.6 cm³/mol. The van der Waals surface area contributed by atoms with Gasteiger partial charge in [-0.25, -0.2) is 9.68 Å². The van der Waals surface area contributed by atoms with Crippen LogP contribution in [-0.2, 0) is 9.68 Å². The van der Waals surface area contributed by atoms with E-state index in [0.717, 1.165) is 4.47 Å². The topological polar surface area (TPSA) is 52.6 Å². The van der Waals surface area contributed by atoms with E-state index in [1.54, 1.807) is 36.4 Å². The van der Waals surface area contributed by atoms with Crippen LogP contribution in [0.25, 0.3) is 0 Å². The van der Waals surface area contributed by atoms with Gasteiger partial charge < -0.3 is 0 Å². The molecule has 112 valence electrons. The third-order valence-electron chi connectivity index (χ3n) is 2.78. The lowest BCUT2D eigenvalue weighted by Gasteiger charge is -2.05. The van der Waals surface area contributed by atoms with Crippen LogP contribution in [-0.4, -0.2) is 11.8 Å². The zero-order valence-corrected chi connectivity index (χ0v) is 13.4. The summed E-state index contributed by atoms with van der Waals surface area (Å²) < 4.78 is 0.909. The zero-order valence-electron chi connectivity index (χ0n) is 11.8. The summed E-state index contributed by atoms with van der Waals surface area (Å²) in [5.74, 6) is -0.421. The van der Waals surface area contributed by atoms with Gasteiger partial charge in [-0.2, -0.15) is 0 Å². The van der Waals surface area contributed by atoms with Crippen molar-refractivity contribution in [3.05, 3.63) is 76.3 Å². The highest BCUT2D eigenvalue weighted by molar-refractivity contribution is 9.10. The molecule has 2 aromatic rings. The maximum atomic E-state index is 12.3. The van der Waals surface area contributed by atoms with Crippen LogP contribution in [0, 0.1) is 0 Å².